The van der Waals surface area contributed by atoms with E-state index in [1.165, 1.54) is 6.07 Å². The van der Waals surface area contributed by atoms with E-state index in [0.29, 0.717) is 12.1 Å². The van der Waals surface area contributed by atoms with Crippen LogP contribution in [0.1, 0.15) is 11.1 Å². The molecule has 0 atom stereocenters. The number of alkyl halides is 3. The first-order chi connectivity index (χ1) is 7.06. The first-order valence-electron chi connectivity index (χ1n) is 4.63. The highest BCUT2D eigenvalue weighted by Gasteiger charge is 2.32. The third-order valence-corrected chi connectivity index (χ3v) is 2.33. The fourth-order valence-corrected chi connectivity index (χ4v) is 1.70. The summed E-state index contributed by atoms with van der Waals surface area (Å²) in [6.45, 7) is 1.23. The van der Waals surface area contributed by atoms with Crippen LogP contribution in [0.25, 0.3) is 0 Å². The number of ether oxygens (including phenoxy) is 1. The van der Waals surface area contributed by atoms with E-state index in [-0.39, 0.29) is 5.75 Å². The van der Waals surface area contributed by atoms with Crippen LogP contribution in [0.15, 0.2) is 18.2 Å². The van der Waals surface area contributed by atoms with E-state index in [0.717, 1.165) is 18.5 Å². The van der Waals surface area contributed by atoms with Gasteiger partial charge in [-0.2, -0.15) is 0 Å². The molecule has 0 amide bonds. The van der Waals surface area contributed by atoms with Crippen LogP contribution in [0, 0.1) is 0 Å². The molecule has 1 aliphatic heterocycles. The molecule has 0 aromatic heterocycles. The smallest absolute Gasteiger partial charge is 0.405 e. The fraction of sp³-hybridized carbons (Fsp3) is 0.400. The summed E-state index contributed by atoms with van der Waals surface area (Å²) < 4.78 is 40.2. The van der Waals surface area contributed by atoms with E-state index >= 15 is 0 Å². The van der Waals surface area contributed by atoms with Crippen LogP contribution in [-0.4, -0.2) is 12.9 Å². The average molecular weight is 217 g/mol. The van der Waals surface area contributed by atoms with E-state index in [1.807, 2.05) is 6.07 Å². The monoisotopic (exact) mass is 217 g/mol. The van der Waals surface area contributed by atoms with E-state index in [1.54, 1.807) is 6.07 Å². The lowest BCUT2D eigenvalue weighted by molar-refractivity contribution is -0.274. The number of hydrogen-bond donors (Lipinski definition) is 1. The van der Waals surface area contributed by atoms with Gasteiger partial charge in [0.2, 0.25) is 0 Å². The van der Waals surface area contributed by atoms with E-state index in [2.05, 4.69) is 10.1 Å². The molecular formula is C10H10F3NO. The minimum absolute atomic E-state index is 0.0906. The predicted molar refractivity (Wildman–Crippen MR) is 48.5 cm³/mol. The molecule has 1 aromatic carbocycles. The molecule has 0 radical (unpaired) electrons. The molecule has 0 spiro atoms. The van der Waals surface area contributed by atoms with Crippen molar-refractivity contribution in [2.45, 2.75) is 19.3 Å². The van der Waals surface area contributed by atoms with E-state index < -0.39 is 6.36 Å². The molecule has 0 unspecified atom stereocenters. The third kappa shape index (κ3) is 2.41. The van der Waals surface area contributed by atoms with Crippen LogP contribution >= 0.6 is 0 Å². The zero-order valence-corrected chi connectivity index (χ0v) is 7.90. The average Bonchev–Trinajstić information content (AvgIpc) is 2.16. The normalized spacial score (nSPS) is 15.9. The standard InChI is InChI=1S/C10H10F3NO/c11-10(12,13)15-9-3-1-2-7-4-5-14-6-8(7)9/h1-3,14H,4-6H2. The Morgan fingerprint density at radius 1 is 1.27 bits per heavy atom. The Kier molecular flexibility index (Phi) is 2.56. The number of rotatable bonds is 1. The zero-order valence-electron chi connectivity index (χ0n) is 7.90. The molecule has 5 heteroatoms. The van der Waals surface area contributed by atoms with Crippen molar-refractivity contribution in [1.29, 1.82) is 0 Å². The summed E-state index contributed by atoms with van der Waals surface area (Å²) in [6, 6.07) is 4.77. The number of benzene rings is 1. The van der Waals surface area contributed by atoms with Gasteiger partial charge < -0.3 is 10.1 Å². The molecule has 0 bridgehead atoms. The maximum absolute atomic E-state index is 12.1. The van der Waals surface area contributed by atoms with Crippen LogP contribution in [0.4, 0.5) is 13.2 Å². The van der Waals surface area contributed by atoms with Crippen molar-refractivity contribution in [3.63, 3.8) is 0 Å². The van der Waals surface area contributed by atoms with Gasteiger partial charge in [-0.15, -0.1) is 13.2 Å². The van der Waals surface area contributed by atoms with Crippen molar-refractivity contribution in [3.8, 4) is 5.75 Å². The van der Waals surface area contributed by atoms with Crippen molar-refractivity contribution in [1.82, 2.24) is 5.32 Å². The van der Waals surface area contributed by atoms with Gasteiger partial charge in [-0.25, -0.2) is 0 Å². The van der Waals surface area contributed by atoms with Crippen LogP contribution in [0.3, 0.4) is 0 Å². The van der Waals surface area contributed by atoms with Gasteiger partial charge in [-0.3, -0.25) is 0 Å². The van der Waals surface area contributed by atoms with Crippen molar-refractivity contribution < 1.29 is 17.9 Å². The largest absolute Gasteiger partial charge is 0.573 e. The fourth-order valence-electron chi connectivity index (χ4n) is 1.70. The SMILES string of the molecule is FC(F)(F)Oc1cccc2c1CNCC2. The summed E-state index contributed by atoms with van der Waals surface area (Å²) in [6.07, 6.45) is -3.88. The Labute approximate surface area is 85.0 Å². The second-order valence-corrected chi connectivity index (χ2v) is 3.37. The Hall–Kier alpha value is -1.23. The van der Waals surface area contributed by atoms with Crippen molar-refractivity contribution in [3.05, 3.63) is 29.3 Å². The van der Waals surface area contributed by atoms with Gasteiger partial charge in [0.15, 0.2) is 0 Å². The Morgan fingerprint density at radius 3 is 2.80 bits per heavy atom. The molecular weight excluding hydrogens is 207 g/mol. The molecule has 0 fully saturated rings. The lowest BCUT2D eigenvalue weighted by atomic mass is 10.0. The second kappa shape index (κ2) is 3.73. The highest BCUT2D eigenvalue weighted by molar-refractivity contribution is 5.41. The summed E-state index contributed by atoms with van der Waals surface area (Å²) in [7, 11) is 0. The molecule has 2 rings (SSSR count). The van der Waals surface area contributed by atoms with Crippen LogP contribution < -0.4 is 10.1 Å². The van der Waals surface area contributed by atoms with Gasteiger partial charge in [0.1, 0.15) is 5.75 Å². The molecule has 82 valence electrons. The predicted octanol–water partition coefficient (Wildman–Crippen LogP) is 2.23. The summed E-state index contributed by atoms with van der Waals surface area (Å²) in [5, 5.41) is 3.02. The molecule has 1 aromatic rings. The van der Waals surface area contributed by atoms with Crippen LogP contribution in [0.5, 0.6) is 5.75 Å². The Bertz CT molecular complexity index is 362. The summed E-state index contributed by atoms with van der Waals surface area (Å²) in [5.41, 5.74) is 1.54. The van der Waals surface area contributed by atoms with Gasteiger partial charge in [-0.1, -0.05) is 12.1 Å². The first-order valence-corrected chi connectivity index (χ1v) is 4.63. The van der Waals surface area contributed by atoms with Crippen LogP contribution in [-0.2, 0) is 13.0 Å². The van der Waals surface area contributed by atoms with Gasteiger partial charge in [0.25, 0.3) is 0 Å². The summed E-state index contributed by atoms with van der Waals surface area (Å²) in [5.74, 6) is -0.0906. The first kappa shape index (κ1) is 10.3. The minimum atomic E-state index is -4.62. The van der Waals surface area contributed by atoms with E-state index in [9.17, 15) is 13.2 Å². The maximum atomic E-state index is 12.1. The topological polar surface area (TPSA) is 21.3 Å². The Balaban J connectivity index is 2.31. The Morgan fingerprint density at radius 2 is 2.07 bits per heavy atom. The van der Waals surface area contributed by atoms with Gasteiger partial charge in [-0.05, 0) is 24.6 Å². The van der Waals surface area contributed by atoms with Crippen molar-refractivity contribution in [2.24, 2.45) is 0 Å². The molecule has 15 heavy (non-hydrogen) atoms. The van der Waals surface area contributed by atoms with E-state index in [4.69, 9.17) is 0 Å². The number of hydrogen-bond acceptors (Lipinski definition) is 2. The zero-order chi connectivity index (χ0) is 10.9. The minimum Gasteiger partial charge on any atom is -0.405 e. The quantitative estimate of drug-likeness (QED) is 0.778. The number of fused-ring (bicyclic) bond motifs is 1. The number of halogens is 3. The van der Waals surface area contributed by atoms with Gasteiger partial charge in [0.05, 0.1) is 0 Å². The molecule has 1 aliphatic rings. The molecule has 0 aliphatic carbocycles. The lowest BCUT2D eigenvalue weighted by Gasteiger charge is -2.20. The second-order valence-electron chi connectivity index (χ2n) is 3.37. The van der Waals surface area contributed by atoms with Crippen molar-refractivity contribution in [2.75, 3.05) is 6.54 Å². The van der Waals surface area contributed by atoms with Crippen LogP contribution in [0.2, 0.25) is 0 Å². The third-order valence-electron chi connectivity index (χ3n) is 2.33. The van der Waals surface area contributed by atoms with Gasteiger partial charge >= 0.3 is 6.36 Å². The molecule has 1 N–H and O–H groups in total. The van der Waals surface area contributed by atoms with Crippen molar-refractivity contribution >= 4 is 0 Å². The molecule has 1 heterocycles. The highest BCUT2D eigenvalue weighted by atomic mass is 19.4. The molecule has 0 saturated carbocycles. The number of nitrogens with one attached hydrogen (secondary N) is 1. The molecule has 2 nitrogen and oxygen atoms in total. The van der Waals surface area contributed by atoms with Gasteiger partial charge in [0, 0.05) is 12.1 Å². The summed E-state index contributed by atoms with van der Waals surface area (Å²) >= 11 is 0. The maximum Gasteiger partial charge on any atom is 0.573 e. The molecule has 0 saturated heterocycles. The highest BCUT2D eigenvalue weighted by Crippen LogP contribution is 2.29. The lowest BCUT2D eigenvalue weighted by Crippen LogP contribution is -2.26. The summed E-state index contributed by atoms with van der Waals surface area (Å²) in [4.78, 5) is 0.